The summed E-state index contributed by atoms with van der Waals surface area (Å²) in [6, 6.07) is 6.50. The average molecular weight is 304 g/mol. The second-order valence-corrected chi connectivity index (χ2v) is 5.97. The van der Waals surface area contributed by atoms with Crippen molar-refractivity contribution < 1.29 is 14.3 Å². The highest BCUT2D eigenvalue weighted by Gasteiger charge is 2.26. The third-order valence-electron chi connectivity index (χ3n) is 2.89. The van der Waals surface area contributed by atoms with Gasteiger partial charge in [0.2, 0.25) is 0 Å². The van der Waals surface area contributed by atoms with Crippen LogP contribution in [-0.2, 0) is 4.74 Å². The highest BCUT2D eigenvalue weighted by molar-refractivity contribution is 6.02. The molecule has 0 spiro atoms. The number of carbonyl (C=O) groups is 2. The zero-order valence-corrected chi connectivity index (χ0v) is 12.9. The normalized spacial score (nSPS) is 14.5. The Labute approximate surface area is 129 Å². The van der Waals surface area contributed by atoms with Crippen LogP contribution < -0.4 is 11.1 Å². The molecule has 1 aromatic rings. The van der Waals surface area contributed by atoms with Crippen LogP contribution in [0.4, 0.5) is 15.3 Å². The molecule has 1 aromatic carbocycles. The van der Waals surface area contributed by atoms with Crippen molar-refractivity contribution in [1.82, 2.24) is 5.01 Å². The maximum Gasteiger partial charge on any atom is 0.430 e. The lowest BCUT2D eigenvalue weighted by molar-refractivity contribution is 0.0276. The van der Waals surface area contributed by atoms with Crippen LogP contribution in [0.5, 0.6) is 0 Å². The Kier molecular flexibility index (Phi) is 4.35. The van der Waals surface area contributed by atoms with Crippen molar-refractivity contribution in [2.75, 3.05) is 11.9 Å². The molecule has 2 rings (SSSR count). The number of benzene rings is 1. The quantitative estimate of drug-likeness (QED) is 0.878. The van der Waals surface area contributed by atoms with E-state index in [9.17, 15) is 9.59 Å². The summed E-state index contributed by atoms with van der Waals surface area (Å²) >= 11 is 0. The monoisotopic (exact) mass is 304 g/mol. The summed E-state index contributed by atoms with van der Waals surface area (Å²) in [5.41, 5.74) is 6.81. The average Bonchev–Trinajstić information content (AvgIpc) is 2.86. The minimum atomic E-state index is -0.609. The van der Waals surface area contributed by atoms with Gasteiger partial charge in [0.25, 0.3) is 0 Å². The van der Waals surface area contributed by atoms with E-state index in [1.807, 2.05) is 32.9 Å². The first-order chi connectivity index (χ1) is 10.2. The molecule has 1 heterocycles. The van der Waals surface area contributed by atoms with Crippen molar-refractivity contribution in [2.24, 2.45) is 10.8 Å². The van der Waals surface area contributed by atoms with Crippen LogP contribution in [0.1, 0.15) is 32.8 Å². The summed E-state index contributed by atoms with van der Waals surface area (Å²) in [4.78, 5) is 22.7. The van der Waals surface area contributed by atoms with Crippen molar-refractivity contribution in [3.8, 4) is 0 Å². The predicted molar refractivity (Wildman–Crippen MR) is 83.7 cm³/mol. The van der Waals surface area contributed by atoms with Gasteiger partial charge in [-0.05, 0) is 38.5 Å². The van der Waals surface area contributed by atoms with Gasteiger partial charge >= 0.3 is 12.1 Å². The number of primary amides is 1. The number of nitrogens with zero attached hydrogens (tertiary/aromatic N) is 2. The van der Waals surface area contributed by atoms with Crippen LogP contribution in [0.15, 0.2) is 29.4 Å². The molecule has 0 unspecified atom stereocenters. The molecule has 1 aliphatic heterocycles. The number of anilines is 1. The number of amides is 3. The molecular formula is C15H20N4O3. The van der Waals surface area contributed by atoms with Crippen molar-refractivity contribution in [2.45, 2.75) is 32.8 Å². The van der Waals surface area contributed by atoms with E-state index in [4.69, 9.17) is 10.5 Å². The third kappa shape index (κ3) is 4.21. The first-order valence-corrected chi connectivity index (χ1v) is 6.99. The molecule has 1 aliphatic rings. The van der Waals surface area contributed by atoms with Crippen molar-refractivity contribution in [3.63, 3.8) is 0 Å². The molecule has 3 amide bonds. The van der Waals surface area contributed by atoms with Gasteiger partial charge in [-0.25, -0.2) is 9.59 Å². The second-order valence-electron chi connectivity index (χ2n) is 5.97. The molecule has 118 valence electrons. The molecule has 0 bridgehead atoms. The van der Waals surface area contributed by atoms with Gasteiger partial charge in [0.1, 0.15) is 5.60 Å². The van der Waals surface area contributed by atoms with E-state index in [2.05, 4.69) is 10.4 Å². The molecule has 0 aliphatic carbocycles. The lowest BCUT2D eigenvalue weighted by Crippen LogP contribution is -2.32. The zero-order valence-electron chi connectivity index (χ0n) is 12.9. The first-order valence-electron chi connectivity index (χ1n) is 6.99. The summed E-state index contributed by atoms with van der Waals surface area (Å²) in [5, 5.41) is 8.12. The number of hydrogen-bond donors (Lipinski definition) is 2. The topological polar surface area (TPSA) is 97.0 Å². The summed E-state index contributed by atoms with van der Waals surface area (Å²) < 4.78 is 5.29. The first kappa shape index (κ1) is 15.8. The Balaban J connectivity index is 2.06. The van der Waals surface area contributed by atoms with Crippen LogP contribution in [0.25, 0.3) is 0 Å². The molecule has 7 nitrogen and oxygen atoms in total. The lowest BCUT2D eigenvalue weighted by Gasteiger charge is -2.22. The van der Waals surface area contributed by atoms with E-state index < -0.39 is 17.7 Å². The largest absolute Gasteiger partial charge is 0.442 e. The van der Waals surface area contributed by atoms with Gasteiger partial charge < -0.3 is 15.8 Å². The van der Waals surface area contributed by atoms with E-state index >= 15 is 0 Å². The smallest absolute Gasteiger partial charge is 0.430 e. The third-order valence-corrected chi connectivity index (χ3v) is 2.89. The standard InChI is InChI=1S/C15H20N4O3/c1-15(2,3)22-14(21)19-9-8-12(18-19)10-4-6-11(7-5-10)17-13(16)20/h4-7H,8-9H2,1-3H3,(H3,16,17,20). The molecule has 0 radical (unpaired) electrons. The van der Waals surface area contributed by atoms with E-state index in [0.29, 0.717) is 18.7 Å². The van der Waals surface area contributed by atoms with E-state index in [-0.39, 0.29) is 0 Å². The van der Waals surface area contributed by atoms with Crippen LogP contribution >= 0.6 is 0 Å². The van der Waals surface area contributed by atoms with Gasteiger partial charge in [-0.1, -0.05) is 12.1 Å². The van der Waals surface area contributed by atoms with Gasteiger partial charge in [0.15, 0.2) is 0 Å². The summed E-state index contributed by atoms with van der Waals surface area (Å²) in [7, 11) is 0. The van der Waals surface area contributed by atoms with Gasteiger partial charge in [0, 0.05) is 12.1 Å². The van der Waals surface area contributed by atoms with Crippen LogP contribution in [0.2, 0.25) is 0 Å². The molecule has 0 atom stereocenters. The number of hydrogen-bond acceptors (Lipinski definition) is 4. The molecule has 7 heteroatoms. The molecule has 0 saturated carbocycles. The predicted octanol–water partition coefficient (Wildman–Crippen LogP) is 2.52. The molecule has 0 saturated heterocycles. The van der Waals surface area contributed by atoms with Crippen molar-refractivity contribution >= 4 is 23.5 Å². The van der Waals surface area contributed by atoms with Crippen LogP contribution in [0.3, 0.4) is 0 Å². The highest BCUT2D eigenvalue weighted by Crippen LogP contribution is 2.18. The SMILES string of the molecule is CC(C)(C)OC(=O)N1CCC(c2ccc(NC(N)=O)cc2)=N1. The Hall–Kier alpha value is -2.57. The van der Waals surface area contributed by atoms with E-state index in [1.54, 1.807) is 12.1 Å². The second kappa shape index (κ2) is 6.05. The molecule has 22 heavy (non-hydrogen) atoms. The molecular weight excluding hydrogens is 284 g/mol. The van der Waals surface area contributed by atoms with Crippen LogP contribution in [0, 0.1) is 0 Å². The summed E-state index contributed by atoms with van der Waals surface area (Å²) in [6.45, 7) is 5.94. The Bertz CT molecular complexity index is 602. The summed E-state index contributed by atoms with van der Waals surface area (Å²) in [6.07, 6.45) is 0.205. The molecule has 0 fully saturated rings. The Morgan fingerprint density at radius 3 is 2.45 bits per heavy atom. The van der Waals surface area contributed by atoms with E-state index in [0.717, 1.165) is 11.3 Å². The van der Waals surface area contributed by atoms with E-state index in [1.165, 1.54) is 5.01 Å². The molecule has 0 aromatic heterocycles. The number of hydrazone groups is 1. The van der Waals surface area contributed by atoms with Crippen molar-refractivity contribution in [1.29, 1.82) is 0 Å². The van der Waals surface area contributed by atoms with Crippen molar-refractivity contribution in [3.05, 3.63) is 29.8 Å². The lowest BCUT2D eigenvalue weighted by atomic mass is 10.1. The number of rotatable bonds is 2. The van der Waals surface area contributed by atoms with Gasteiger partial charge in [0.05, 0.1) is 12.3 Å². The van der Waals surface area contributed by atoms with Gasteiger partial charge in [-0.15, -0.1) is 0 Å². The number of nitrogens with two attached hydrogens (primary N) is 1. The maximum atomic E-state index is 11.9. The van der Waals surface area contributed by atoms with Gasteiger partial charge in [-0.3, -0.25) is 0 Å². The maximum absolute atomic E-state index is 11.9. The zero-order chi connectivity index (χ0) is 16.3. The Morgan fingerprint density at radius 1 is 1.27 bits per heavy atom. The minimum absolute atomic E-state index is 0.450. The summed E-state index contributed by atoms with van der Waals surface area (Å²) in [5.74, 6) is 0. The Morgan fingerprint density at radius 2 is 1.91 bits per heavy atom. The fourth-order valence-corrected chi connectivity index (χ4v) is 1.99. The van der Waals surface area contributed by atoms with Crippen LogP contribution in [-0.4, -0.2) is 35.0 Å². The number of urea groups is 1. The number of carbonyl (C=O) groups excluding carboxylic acids is 2. The number of ether oxygens (including phenoxy) is 1. The molecule has 3 N–H and O–H groups in total. The fourth-order valence-electron chi connectivity index (χ4n) is 1.99. The number of nitrogens with one attached hydrogen (secondary N) is 1. The minimum Gasteiger partial charge on any atom is -0.442 e. The van der Waals surface area contributed by atoms with Gasteiger partial charge in [-0.2, -0.15) is 10.1 Å². The fraction of sp³-hybridized carbons (Fsp3) is 0.400. The highest BCUT2D eigenvalue weighted by atomic mass is 16.6.